The molecule has 1 amide bonds. The molecule has 0 aliphatic heterocycles. The van der Waals surface area contributed by atoms with E-state index in [-0.39, 0.29) is 11.9 Å². The number of aromatic nitrogens is 1. The maximum absolute atomic E-state index is 12.1. The van der Waals surface area contributed by atoms with Crippen molar-refractivity contribution in [2.75, 3.05) is 7.05 Å². The first-order valence-electron chi connectivity index (χ1n) is 6.55. The lowest BCUT2D eigenvalue weighted by molar-refractivity contribution is -0.131. The third kappa shape index (κ3) is 3.29. The molecular weight excluding hydrogens is 226 g/mol. The van der Waals surface area contributed by atoms with Gasteiger partial charge in [-0.15, -0.1) is 0 Å². The van der Waals surface area contributed by atoms with Gasteiger partial charge in [0.15, 0.2) is 0 Å². The topological polar surface area (TPSA) is 59.2 Å². The molecule has 0 radical (unpaired) electrons. The van der Waals surface area contributed by atoms with Gasteiger partial charge in [0.2, 0.25) is 5.91 Å². The number of hydrogen-bond donors (Lipinski definition) is 1. The molecule has 1 aliphatic carbocycles. The van der Waals surface area contributed by atoms with E-state index in [1.807, 2.05) is 19.2 Å². The van der Waals surface area contributed by atoms with E-state index in [9.17, 15) is 4.79 Å². The van der Waals surface area contributed by atoms with E-state index in [2.05, 4.69) is 4.98 Å². The average molecular weight is 247 g/mol. The predicted octanol–water partition coefficient (Wildman–Crippen LogP) is 1.56. The highest BCUT2D eigenvalue weighted by Gasteiger charge is 2.27. The van der Waals surface area contributed by atoms with E-state index in [0.29, 0.717) is 18.9 Å². The number of rotatable bonds is 4. The highest BCUT2D eigenvalue weighted by Crippen LogP contribution is 2.27. The first kappa shape index (κ1) is 13.0. The van der Waals surface area contributed by atoms with Gasteiger partial charge in [-0.05, 0) is 30.4 Å². The van der Waals surface area contributed by atoms with Gasteiger partial charge >= 0.3 is 0 Å². The van der Waals surface area contributed by atoms with E-state index >= 15 is 0 Å². The van der Waals surface area contributed by atoms with Gasteiger partial charge in [-0.2, -0.15) is 0 Å². The molecule has 0 bridgehead atoms. The third-order valence-electron chi connectivity index (χ3n) is 3.72. The first-order valence-corrected chi connectivity index (χ1v) is 6.55. The third-order valence-corrected chi connectivity index (χ3v) is 3.72. The van der Waals surface area contributed by atoms with Crippen LogP contribution in [0.4, 0.5) is 0 Å². The Balaban J connectivity index is 1.85. The highest BCUT2D eigenvalue weighted by molar-refractivity contribution is 5.76. The summed E-state index contributed by atoms with van der Waals surface area (Å²) in [5.74, 6) is 0.551. The van der Waals surface area contributed by atoms with Crippen LogP contribution in [0.3, 0.4) is 0 Å². The van der Waals surface area contributed by atoms with Crippen molar-refractivity contribution in [3.05, 3.63) is 30.1 Å². The van der Waals surface area contributed by atoms with Crippen molar-refractivity contribution in [3.63, 3.8) is 0 Å². The second kappa shape index (κ2) is 5.96. The summed E-state index contributed by atoms with van der Waals surface area (Å²) in [6, 6.07) is 4.08. The quantitative estimate of drug-likeness (QED) is 0.878. The molecule has 2 rings (SSSR count). The minimum Gasteiger partial charge on any atom is -0.341 e. The van der Waals surface area contributed by atoms with Crippen LogP contribution in [-0.4, -0.2) is 28.9 Å². The molecule has 0 aromatic carbocycles. The van der Waals surface area contributed by atoms with Crippen LogP contribution in [0.2, 0.25) is 0 Å². The van der Waals surface area contributed by atoms with E-state index in [1.165, 1.54) is 0 Å². The molecule has 18 heavy (non-hydrogen) atoms. The number of nitrogens with two attached hydrogens (primary N) is 1. The van der Waals surface area contributed by atoms with E-state index in [1.54, 1.807) is 17.3 Å². The van der Waals surface area contributed by atoms with Crippen molar-refractivity contribution in [2.45, 2.75) is 38.3 Å². The zero-order chi connectivity index (χ0) is 13.0. The van der Waals surface area contributed by atoms with Crippen LogP contribution in [0, 0.1) is 5.92 Å². The maximum atomic E-state index is 12.1. The standard InChI is InChI=1S/C14H21N3O/c1-17(10-11-4-3-7-16-9-11)14(18)8-12-5-2-6-13(12)15/h3-4,7,9,12-13H,2,5-6,8,10,15H2,1H3/t12-,13+/m0/s1. The molecule has 2 atom stereocenters. The largest absolute Gasteiger partial charge is 0.341 e. The molecule has 1 aromatic heterocycles. The van der Waals surface area contributed by atoms with Crippen LogP contribution in [0.25, 0.3) is 0 Å². The molecule has 4 heteroatoms. The number of carbonyl (C=O) groups is 1. The fourth-order valence-corrected chi connectivity index (χ4v) is 2.55. The van der Waals surface area contributed by atoms with Crippen molar-refractivity contribution in [2.24, 2.45) is 11.7 Å². The zero-order valence-corrected chi connectivity index (χ0v) is 10.9. The number of carbonyl (C=O) groups excluding carboxylic acids is 1. The second-order valence-corrected chi connectivity index (χ2v) is 5.17. The summed E-state index contributed by atoms with van der Waals surface area (Å²) >= 11 is 0. The number of amides is 1. The lowest BCUT2D eigenvalue weighted by Gasteiger charge is -2.21. The van der Waals surface area contributed by atoms with Crippen molar-refractivity contribution in [1.82, 2.24) is 9.88 Å². The summed E-state index contributed by atoms with van der Waals surface area (Å²) < 4.78 is 0. The monoisotopic (exact) mass is 247 g/mol. The van der Waals surface area contributed by atoms with Gasteiger partial charge < -0.3 is 10.6 Å². The normalized spacial score (nSPS) is 23.0. The van der Waals surface area contributed by atoms with Gasteiger partial charge in [-0.25, -0.2) is 0 Å². The van der Waals surface area contributed by atoms with Crippen LogP contribution in [-0.2, 0) is 11.3 Å². The Kier molecular flexibility index (Phi) is 4.31. The van der Waals surface area contributed by atoms with Gasteiger partial charge in [-0.1, -0.05) is 12.5 Å². The summed E-state index contributed by atoms with van der Waals surface area (Å²) in [6.45, 7) is 0.620. The summed E-state index contributed by atoms with van der Waals surface area (Å²) in [5, 5.41) is 0. The minimum absolute atomic E-state index is 0.182. The summed E-state index contributed by atoms with van der Waals surface area (Å²) in [4.78, 5) is 17.9. The van der Waals surface area contributed by atoms with Gasteiger partial charge in [-0.3, -0.25) is 9.78 Å². The molecule has 1 aromatic rings. The number of pyridine rings is 1. The predicted molar refractivity (Wildman–Crippen MR) is 70.6 cm³/mol. The van der Waals surface area contributed by atoms with Gasteiger partial charge in [0.1, 0.15) is 0 Å². The number of hydrogen-bond acceptors (Lipinski definition) is 3. The van der Waals surface area contributed by atoms with Crippen molar-refractivity contribution in [3.8, 4) is 0 Å². The van der Waals surface area contributed by atoms with E-state index in [0.717, 1.165) is 24.8 Å². The molecule has 2 N–H and O–H groups in total. The lowest BCUT2D eigenvalue weighted by atomic mass is 9.99. The van der Waals surface area contributed by atoms with Crippen LogP contribution in [0.15, 0.2) is 24.5 Å². The second-order valence-electron chi connectivity index (χ2n) is 5.17. The molecule has 4 nitrogen and oxygen atoms in total. The van der Waals surface area contributed by atoms with Crippen LogP contribution >= 0.6 is 0 Å². The Morgan fingerprint density at radius 3 is 3.00 bits per heavy atom. The molecule has 0 saturated heterocycles. The molecule has 0 spiro atoms. The fraction of sp³-hybridized carbons (Fsp3) is 0.571. The van der Waals surface area contributed by atoms with Crippen LogP contribution in [0.1, 0.15) is 31.2 Å². The molecule has 98 valence electrons. The summed E-state index contributed by atoms with van der Waals surface area (Å²) in [5.41, 5.74) is 7.06. The van der Waals surface area contributed by atoms with E-state index in [4.69, 9.17) is 5.73 Å². The first-order chi connectivity index (χ1) is 8.66. The average Bonchev–Trinajstić information content (AvgIpc) is 2.76. The van der Waals surface area contributed by atoms with Crippen molar-refractivity contribution >= 4 is 5.91 Å². The lowest BCUT2D eigenvalue weighted by Crippen LogP contribution is -2.32. The fourth-order valence-electron chi connectivity index (χ4n) is 2.55. The molecule has 1 heterocycles. The highest BCUT2D eigenvalue weighted by atomic mass is 16.2. The number of nitrogens with zero attached hydrogens (tertiary/aromatic N) is 2. The molecule has 1 fully saturated rings. The van der Waals surface area contributed by atoms with E-state index < -0.39 is 0 Å². The smallest absolute Gasteiger partial charge is 0.222 e. The SMILES string of the molecule is CN(Cc1cccnc1)C(=O)C[C@@H]1CCC[C@H]1N. The Labute approximate surface area is 108 Å². The van der Waals surface area contributed by atoms with Gasteiger partial charge in [0, 0.05) is 38.4 Å². The Bertz CT molecular complexity index is 393. The van der Waals surface area contributed by atoms with Crippen molar-refractivity contribution in [1.29, 1.82) is 0 Å². The summed E-state index contributed by atoms with van der Waals surface area (Å²) in [7, 11) is 1.84. The van der Waals surface area contributed by atoms with Gasteiger partial charge in [0.25, 0.3) is 0 Å². The summed E-state index contributed by atoms with van der Waals surface area (Å²) in [6.07, 6.45) is 7.43. The Hall–Kier alpha value is -1.42. The van der Waals surface area contributed by atoms with Gasteiger partial charge in [0.05, 0.1) is 0 Å². The molecule has 1 saturated carbocycles. The molecular formula is C14H21N3O. The molecule has 1 aliphatic rings. The van der Waals surface area contributed by atoms with Crippen LogP contribution in [0.5, 0.6) is 0 Å². The van der Waals surface area contributed by atoms with Crippen molar-refractivity contribution < 1.29 is 4.79 Å². The Morgan fingerprint density at radius 2 is 2.39 bits per heavy atom. The van der Waals surface area contributed by atoms with Crippen LogP contribution < -0.4 is 5.73 Å². The zero-order valence-electron chi connectivity index (χ0n) is 10.9. The molecule has 0 unspecified atom stereocenters. The Morgan fingerprint density at radius 1 is 1.56 bits per heavy atom. The maximum Gasteiger partial charge on any atom is 0.222 e. The minimum atomic E-state index is 0.182.